The molecular weight excluding hydrogens is 442 g/mol. The van der Waals surface area contributed by atoms with Crippen LogP contribution in [0.3, 0.4) is 0 Å². The molecule has 0 aliphatic rings. The van der Waals surface area contributed by atoms with Crippen molar-refractivity contribution >= 4 is 23.2 Å². The predicted octanol–water partition coefficient (Wildman–Crippen LogP) is 5.84. The van der Waals surface area contributed by atoms with Crippen molar-refractivity contribution in [1.82, 2.24) is 15.0 Å². The summed E-state index contributed by atoms with van der Waals surface area (Å²) in [6.07, 6.45) is 1.63. The highest BCUT2D eigenvalue weighted by atomic mass is 16.7. The largest absolute Gasteiger partial charge is 0.457 e. The molecule has 0 atom stereocenters. The summed E-state index contributed by atoms with van der Waals surface area (Å²) in [5.41, 5.74) is 3.12. The molecule has 0 saturated carbocycles. The topological polar surface area (TPSA) is 80.9 Å². The first-order valence-corrected chi connectivity index (χ1v) is 10.8. The minimum Gasteiger partial charge on any atom is -0.457 e. The zero-order valence-corrected chi connectivity index (χ0v) is 19.4. The minimum absolute atomic E-state index is 0.139. The number of hydroxylamine groups is 2. The van der Waals surface area contributed by atoms with Gasteiger partial charge in [-0.1, -0.05) is 42.5 Å². The second-order valence-corrected chi connectivity index (χ2v) is 7.56. The second kappa shape index (κ2) is 10.9. The van der Waals surface area contributed by atoms with Gasteiger partial charge in [-0.15, -0.1) is 0 Å². The van der Waals surface area contributed by atoms with E-state index in [0.29, 0.717) is 22.9 Å². The number of aromatic nitrogens is 2. The molecule has 174 valence electrons. The van der Waals surface area contributed by atoms with Crippen LogP contribution in [0.2, 0.25) is 0 Å². The SMILES string of the molecule is C#[N+]c1ncnc(Nc2ccc(CC(=O)N(C)OC)cc2)c1-c1ccc(Oc2ccccc2)cc1. The lowest BCUT2D eigenvalue weighted by Crippen LogP contribution is -2.26. The van der Waals surface area contributed by atoms with Crippen molar-refractivity contribution in [2.24, 2.45) is 0 Å². The molecule has 0 radical (unpaired) electrons. The lowest BCUT2D eigenvalue weighted by Gasteiger charge is -2.14. The number of carbonyl (C=O) groups excluding carboxylic acids is 1. The molecule has 1 N–H and O–H groups in total. The maximum absolute atomic E-state index is 12.1. The number of carbonyl (C=O) groups is 1. The molecule has 0 aliphatic carbocycles. The molecule has 0 spiro atoms. The van der Waals surface area contributed by atoms with E-state index < -0.39 is 0 Å². The van der Waals surface area contributed by atoms with Gasteiger partial charge in [0.1, 0.15) is 23.6 Å². The summed E-state index contributed by atoms with van der Waals surface area (Å²) >= 11 is 0. The quantitative estimate of drug-likeness (QED) is 0.329. The molecule has 0 fully saturated rings. The number of benzene rings is 3. The van der Waals surface area contributed by atoms with Crippen LogP contribution in [0, 0.1) is 6.57 Å². The Hall–Kier alpha value is -4.74. The van der Waals surface area contributed by atoms with Crippen LogP contribution in [0.4, 0.5) is 17.3 Å². The number of hydrogen-bond acceptors (Lipinski definition) is 6. The maximum atomic E-state index is 12.1. The third kappa shape index (κ3) is 5.79. The Morgan fingerprint density at radius 3 is 2.31 bits per heavy atom. The fourth-order valence-corrected chi connectivity index (χ4v) is 3.38. The van der Waals surface area contributed by atoms with Gasteiger partial charge >= 0.3 is 5.82 Å². The molecule has 1 amide bonds. The monoisotopic (exact) mass is 466 g/mol. The number of nitrogens with one attached hydrogen (secondary N) is 1. The van der Waals surface area contributed by atoms with Crippen LogP contribution in [0.5, 0.6) is 11.5 Å². The zero-order valence-electron chi connectivity index (χ0n) is 19.4. The molecule has 4 rings (SSSR count). The Labute approximate surface area is 203 Å². The summed E-state index contributed by atoms with van der Waals surface area (Å²) in [4.78, 5) is 29.4. The third-order valence-corrected chi connectivity index (χ3v) is 5.27. The lowest BCUT2D eigenvalue weighted by atomic mass is 10.1. The first kappa shape index (κ1) is 23.4. The van der Waals surface area contributed by atoms with Gasteiger partial charge in [0, 0.05) is 12.7 Å². The van der Waals surface area contributed by atoms with E-state index in [0.717, 1.165) is 22.6 Å². The van der Waals surface area contributed by atoms with E-state index in [-0.39, 0.29) is 12.3 Å². The molecule has 1 aromatic heterocycles. The molecule has 3 aromatic carbocycles. The standard InChI is InChI=1S/C27H24N5O3/c1-28-26-25(20-11-15-23(16-12-20)35-22-7-5-4-6-8-22)27(30-18-29-26)31-21-13-9-19(10-14-21)17-24(33)32(2)34-3/h1,4-16,18H,17H2,2-3H3,(H,29,30,31)/q+1. The van der Waals surface area contributed by atoms with Gasteiger partial charge in [0.05, 0.1) is 13.5 Å². The van der Waals surface area contributed by atoms with E-state index in [1.807, 2.05) is 78.9 Å². The van der Waals surface area contributed by atoms with Crippen molar-refractivity contribution in [3.8, 4) is 29.2 Å². The lowest BCUT2D eigenvalue weighted by molar-refractivity contribution is -0.167. The zero-order chi connectivity index (χ0) is 24.6. The Kier molecular flexibility index (Phi) is 7.31. The number of anilines is 2. The van der Waals surface area contributed by atoms with Gasteiger partial charge in [0.2, 0.25) is 12.2 Å². The molecule has 35 heavy (non-hydrogen) atoms. The number of rotatable bonds is 8. The van der Waals surface area contributed by atoms with Crippen LogP contribution < -0.4 is 10.1 Å². The fourth-order valence-electron chi connectivity index (χ4n) is 3.38. The Morgan fingerprint density at radius 2 is 1.66 bits per heavy atom. The number of ether oxygens (including phenoxy) is 1. The van der Waals surface area contributed by atoms with E-state index in [4.69, 9.17) is 16.1 Å². The fraction of sp³-hybridized carbons (Fsp3) is 0.111. The van der Waals surface area contributed by atoms with Gasteiger partial charge in [0.15, 0.2) is 5.82 Å². The molecule has 8 heteroatoms. The summed E-state index contributed by atoms with van der Waals surface area (Å²) in [5.74, 6) is 2.21. The molecular formula is C27H24N5O3+. The van der Waals surface area contributed by atoms with Gasteiger partial charge in [-0.2, -0.15) is 9.83 Å². The van der Waals surface area contributed by atoms with Gasteiger partial charge < -0.3 is 10.1 Å². The maximum Gasteiger partial charge on any atom is 0.438 e. The van der Waals surface area contributed by atoms with Crippen molar-refractivity contribution in [3.63, 3.8) is 0 Å². The summed E-state index contributed by atoms with van der Waals surface area (Å²) in [6.45, 7) is 5.62. The van der Waals surface area contributed by atoms with Crippen LogP contribution in [0.25, 0.3) is 16.0 Å². The molecule has 8 nitrogen and oxygen atoms in total. The molecule has 4 aromatic rings. The van der Waals surface area contributed by atoms with Crippen molar-refractivity contribution in [1.29, 1.82) is 0 Å². The molecule has 0 aliphatic heterocycles. The summed E-state index contributed by atoms with van der Waals surface area (Å²) in [7, 11) is 3.03. The number of nitrogens with zero attached hydrogens (tertiary/aromatic N) is 4. The number of hydrogen-bond donors (Lipinski definition) is 1. The van der Waals surface area contributed by atoms with E-state index in [9.17, 15) is 4.79 Å². The smallest absolute Gasteiger partial charge is 0.438 e. The van der Waals surface area contributed by atoms with Crippen LogP contribution in [-0.4, -0.2) is 35.1 Å². The van der Waals surface area contributed by atoms with Crippen molar-refractivity contribution in [3.05, 3.63) is 95.6 Å². The predicted molar refractivity (Wildman–Crippen MR) is 135 cm³/mol. The van der Waals surface area contributed by atoms with E-state index >= 15 is 0 Å². The van der Waals surface area contributed by atoms with Crippen LogP contribution in [0.1, 0.15) is 5.56 Å². The van der Waals surface area contributed by atoms with Crippen molar-refractivity contribution < 1.29 is 14.4 Å². The highest BCUT2D eigenvalue weighted by molar-refractivity contribution is 5.87. The highest BCUT2D eigenvalue weighted by Gasteiger charge is 2.21. The summed E-state index contributed by atoms with van der Waals surface area (Å²) in [6, 6.07) is 24.6. The Bertz CT molecular complexity index is 1330. The normalized spacial score (nSPS) is 10.3. The van der Waals surface area contributed by atoms with Crippen LogP contribution >= 0.6 is 0 Å². The van der Waals surface area contributed by atoms with Gasteiger partial charge in [-0.05, 0) is 52.5 Å². The van der Waals surface area contributed by atoms with Crippen LogP contribution in [-0.2, 0) is 16.1 Å². The van der Waals surface area contributed by atoms with Gasteiger partial charge in [-0.25, -0.2) is 5.06 Å². The Balaban J connectivity index is 1.55. The summed E-state index contributed by atoms with van der Waals surface area (Å²) < 4.78 is 5.88. The third-order valence-electron chi connectivity index (χ3n) is 5.27. The molecule has 0 unspecified atom stereocenters. The van der Waals surface area contributed by atoms with Crippen molar-refractivity contribution in [2.45, 2.75) is 6.42 Å². The number of para-hydroxylation sites is 1. The van der Waals surface area contributed by atoms with Gasteiger partial charge in [-0.3, -0.25) is 9.63 Å². The second-order valence-electron chi connectivity index (χ2n) is 7.56. The number of likely N-dealkylation sites (N-methyl/N-ethyl adjacent to an activating group) is 1. The van der Waals surface area contributed by atoms with Gasteiger partial charge in [0.25, 0.3) is 0 Å². The average molecular weight is 467 g/mol. The number of amides is 1. The van der Waals surface area contributed by atoms with E-state index in [1.165, 1.54) is 18.5 Å². The molecule has 1 heterocycles. The van der Waals surface area contributed by atoms with E-state index in [1.54, 1.807) is 7.05 Å². The summed E-state index contributed by atoms with van der Waals surface area (Å²) in [5, 5.41) is 4.50. The molecule has 0 saturated heterocycles. The Morgan fingerprint density at radius 1 is 0.971 bits per heavy atom. The first-order chi connectivity index (χ1) is 17.1. The molecule has 0 bridgehead atoms. The minimum atomic E-state index is -0.139. The first-order valence-electron chi connectivity index (χ1n) is 10.8. The average Bonchev–Trinajstić information content (AvgIpc) is 2.90. The van der Waals surface area contributed by atoms with E-state index in [2.05, 4.69) is 20.1 Å². The van der Waals surface area contributed by atoms with Crippen molar-refractivity contribution in [2.75, 3.05) is 19.5 Å². The highest BCUT2D eigenvalue weighted by Crippen LogP contribution is 2.36. The van der Waals surface area contributed by atoms with Crippen LogP contribution in [0.15, 0.2) is 85.2 Å².